The van der Waals surface area contributed by atoms with Crippen LogP contribution in [0.1, 0.15) is 13.3 Å². The monoisotopic (exact) mass is 362 g/mol. The lowest BCUT2D eigenvalue weighted by atomic mass is 10.2. The molecule has 7 nitrogen and oxygen atoms in total. The van der Waals surface area contributed by atoms with Gasteiger partial charge in [0.15, 0.2) is 0 Å². The molecule has 7 heteroatoms. The number of methoxy groups -OCH3 is 1. The summed E-state index contributed by atoms with van der Waals surface area (Å²) in [6.45, 7) is 7.03. The highest BCUT2D eigenvalue weighted by atomic mass is 16.5. The summed E-state index contributed by atoms with van der Waals surface area (Å²) < 4.78 is 4.99. The maximum absolute atomic E-state index is 12.1. The van der Waals surface area contributed by atoms with Crippen molar-refractivity contribution < 1.29 is 14.3 Å². The van der Waals surface area contributed by atoms with Crippen LogP contribution in [-0.4, -0.2) is 81.6 Å². The smallest absolute Gasteiger partial charge is 0.226 e. The molecule has 2 rings (SSSR count). The maximum Gasteiger partial charge on any atom is 0.226 e. The quantitative estimate of drug-likeness (QED) is 0.754. The van der Waals surface area contributed by atoms with Gasteiger partial charge in [-0.25, -0.2) is 0 Å². The fourth-order valence-corrected chi connectivity index (χ4v) is 2.91. The lowest BCUT2D eigenvalue weighted by Crippen LogP contribution is -2.44. The second-order valence-electron chi connectivity index (χ2n) is 6.63. The van der Waals surface area contributed by atoms with Gasteiger partial charge < -0.3 is 24.8 Å². The predicted molar refractivity (Wildman–Crippen MR) is 104 cm³/mol. The summed E-state index contributed by atoms with van der Waals surface area (Å²) in [5.74, 6) is -0.146. The molecule has 0 atom stereocenters. The Morgan fingerprint density at radius 3 is 2.35 bits per heavy atom. The van der Waals surface area contributed by atoms with Crippen molar-refractivity contribution in [2.45, 2.75) is 13.3 Å². The van der Waals surface area contributed by atoms with Gasteiger partial charge in [-0.2, -0.15) is 0 Å². The highest BCUT2D eigenvalue weighted by molar-refractivity contribution is 5.91. The van der Waals surface area contributed by atoms with E-state index < -0.39 is 0 Å². The molecule has 0 aromatic heterocycles. The second-order valence-corrected chi connectivity index (χ2v) is 6.63. The van der Waals surface area contributed by atoms with Crippen molar-refractivity contribution in [3.63, 3.8) is 0 Å². The summed E-state index contributed by atoms with van der Waals surface area (Å²) >= 11 is 0. The first-order valence-corrected chi connectivity index (χ1v) is 9.07. The molecule has 0 radical (unpaired) electrons. The van der Waals surface area contributed by atoms with Crippen LogP contribution in [0, 0.1) is 0 Å². The molecule has 2 amide bonds. The van der Waals surface area contributed by atoms with Gasteiger partial charge in [-0.15, -0.1) is 0 Å². The number of ether oxygens (including phenoxy) is 1. The van der Waals surface area contributed by atoms with Gasteiger partial charge in [-0.1, -0.05) is 0 Å². The van der Waals surface area contributed by atoms with Crippen molar-refractivity contribution in [1.82, 2.24) is 9.80 Å². The van der Waals surface area contributed by atoms with Gasteiger partial charge in [-0.3, -0.25) is 9.59 Å². The number of rotatable bonds is 8. The molecule has 0 unspecified atom stereocenters. The Morgan fingerprint density at radius 1 is 1.12 bits per heavy atom. The molecule has 1 heterocycles. The zero-order valence-corrected chi connectivity index (χ0v) is 16.0. The largest absolute Gasteiger partial charge is 0.383 e. The second kappa shape index (κ2) is 10.1. The molecule has 0 spiro atoms. The van der Waals surface area contributed by atoms with Gasteiger partial charge in [-0.05, 0) is 31.3 Å². The van der Waals surface area contributed by atoms with Crippen LogP contribution in [0.3, 0.4) is 0 Å². The molecular formula is C19H30N4O3. The van der Waals surface area contributed by atoms with E-state index in [0.29, 0.717) is 19.7 Å². The zero-order chi connectivity index (χ0) is 18.9. The van der Waals surface area contributed by atoms with Crippen LogP contribution in [-0.2, 0) is 14.3 Å². The van der Waals surface area contributed by atoms with Crippen molar-refractivity contribution in [2.75, 3.05) is 70.2 Å². The number of piperazine rings is 1. The molecule has 1 fully saturated rings. The molecule has 144 valence electrons. The van der Waals surface area contributed by atoms with E-state index in [1.165, 1.54) is 12.6 Å². The molecule has 1 N–H and O–H groups in total. The van der Waals surface area contributed by atoms with Gasteiger partial charge in [0.25, 0.3) is 0 Å². The van der Waals surface area contributed by atoms with Gasteiger partial charge in [0.2, 0.25) is 11.8 Å². The fourth-order valence-electron chi connectivity index (χ4n) is 2.91. The topological polar surface area (TPSA) is 65.1 Å². The minimum absolute atomic E-state index is 0.0496. The van der Waals surface area contributed by atoms with E-state index in [0.717, 1.165) is 31.9 Å². The molecule has 1 saturated heterocycles. The Balaban J connectivity index is 1.80. The summed E-state index contributed by atoms with van der Waals surface area (Å²) in [7, 11) is 3.73. The van der Waals surface area contributed by atoms with Crippen LogP contribution in [0.15, 0.2) is 24.3 Å². The molecule has 1 aromatic rings. The first-order valence-electron chi connectivity index (χ1n) is 9.07. The summed E-state index contributed by atoms with van der Waals surface area (Å²) in [6.07, 6.45) is 0.267. The molecule has 0 bridgehead atoms. The number of carbonyl (C=O) groups excluding carboxylic acids is 2. The van der Waals surface area contributed by atoms with Gasteiger partial charge in [0, 0.05) is 71.1 Å². The van der Waals surface area contributed by atoms with E-state index in [9.17, 15) is 9.59 Å². The van der Waals surface area contributed by atoms with Crippen molar-refractivity contribution >= 4 is 23.2 Å². The van der Waals surface area contributed by atoms with Crippen molar-refractivity contribution in [1.29, 1.82) is 0 Å². The predicted octanol–water partition coefficient (Wildman–Crippen LogP) is 1.26. The third-order valence-corrected chi connectivity index (χ3v) is 4.64. The Kier molecular flexibility index (Phi) is 7.87. The molecule has 26 heavy (non-hydrogen) atoms. The van der Waals surface area contributed by atoms with Crippen LogP contribution in [0.2, 0.25) is 0 Å². The average molecular weight is 362 g/mol. The molecule has 1 aliphatic rings. The Hall–Kier alpha value is -2.12. The Labute approximate surface area is 155 Å². The Morgan fingerprint density at radius 2 is 1.77 bits per heavy atom. The first kappa shape index (κ1) is 20.2. The highest BCUT2D eigenvalue weighted by Gasteiger charge is 2.14. The van der Waals surface area contributed by atoms with E-state index in [2.05, 4.69) is 22.2 Å². The van der Waals surface area contributed by atoms with E-state index in [1.54, 1.807) is 12.0 Å². The van der Waals surface area contributed by atoms with Gasteiger partial charge in [0.1, 0.15) is 0 Å². The van der Waals surface area contributed by atoms with E-state index in [4.69, 9.17) is 4.74 Å². The van der Waals surface area contributed by atoms with Gasteiger partial charge in [0.05, 0.1) is 6.61 Å². The van der Waals surface area contributed by atoms with E-state index in [1.807, 2.05) is 24.3 Å². The number of carbonyl (C=O) groups is 2. The third-order valence-electron chi connectivity index (χ3n) is 4.64. The fraction of sp³-hybridized carbons (Fsp3) is 0.579. The minimum Gasteiger partial charge on any atom is -0.383 e. The summed E-state index contributed by atoms with van der Waals surface area (Å²) in [5, 5.41) is 2.89. The average Bonchev–Trinajstić information content (AvgIpc) is 2.63. The van der Waals surface area contributed by atoms with E-state index in [-0.39, 0.29) is 18.2 Å². The number of hydrogen-bond acceptors (Lipinski definition) is 5. The van der Waals surface area contributed by atoms with Gasteiger partial charge >= 0.3 is 0 Å². The number of hydrogen-bond donors (Lipinski definition) is 1. The normalized spacial score (nSPS) is 15.0. The number of likely N-dealkylation sites (N-methyl/N-ethyl adjacent to an activating group) is 1. The van der Waals surface area contributed by atoms with Crippen LogP contribution >= 0.6 is 0 Å². The summed E-state index contributed by atoms with van der Waals surface area (Å²) in [4.78, 5) is 30.0. The summed E-state index contributed by atoms with van der Waals surface area (Å²) in [6, 6.07) is 7.95. The van der Waals surface area contributed by atoms with Crippen LogP contribution in [0.5, 0.6) is 0 Å². The first-order chi connectivity index (χ1) is 12.5. The van der Waals surface area contributed by atoms with E-state index >= 15 is 0 Å². The minimum atomic E-state index is -0.0963. The lowest BCUT2D eigenvalue weighted by Gasteiger charge is -2.34. The van der Waals surface area contributed by atoms with Crippen molar-refractivity contribution in [2.24, 2.45) is 0 Å². The standard InChI is InChI=1S/C19H30N4O3/c1-16(24)22(14-15-26-3)9-8-19(25)20-17-4-6-18(7-5-17)23-12-10-21(2)11-13-23/h4-7H,8-15H2,1-3H3,(H,20,25). The zero-order valence-electron chi connectivity index (χ0n) is 16.0. The number of nitrogens with one attached hydrogen (secondary N) is 1. The highest BCUT2D eigenvalue weighted by Crippen LogP contribution is 2.19. The molecule has 0 saturated carbocycles. The SMILES string of the molecule is COCCN(CCC(=O)Nc1ccc(N2CCN(C)CC2)cc1)C(C)=O. The molecule has 0 aliphatic carbocycles. The molecule has 1 aromatic carbocycles. The number of nitrogens with zero attached hydrogens (tertiary/aromatic N) is 3. The number of benzene rings is 1. The molecular weight excluding hydrogens is 332 g/mol. The van der Waals surface area contributed by atoms with Crippen LogP contribution in [0.4, 0.5) is 11.4 Å². The van der Waals surface area contributed by atoms with Crippen LogP contribution in [0.25, 0.3) is 0 Å². The summed E-state index contributed by atoms with van der Waals surface area (Å²) in [5.41, 5.74) is 1.96. The Bertz CT molecular complexity index is 583. The van der Waals surface area contributed by atoms with Crippen molar-refractivity contribution in [3.8, 4) is 0 Å². The molecule has 1 aliphatic heterocycles. The van der Waals surface area contributed by atoms with Crippen molar-refractivity contribution in [3.05, 3.63) is 24.3 Å². The van der Waals surface area contributed by atoms with Crippen LogP contribution < -0.4 is 10.2 Å². The number of anilines is 2. The lowest BCUT2D eigenvalue weighted by molar-refractivity contribution is -0.130. The third kappa shape index (κ3) is 6.31. The number of amides is 2. The maximum atomic E-state index is 12.1.